The predicted molar refractivity (Wildman–Crippen MR) is 120 cm³/mol. The lowest BCUT2D eigenvalue weighted by Crippen LogP contribution is -2.41. The summed E-state index contributed by atoms with van der Waals surface area (Å²) in [4.78, 5) is 19.9. The number of aromatic amines is 1. The number of carbonyl (C=O) groups is 1. The molecule has 0 saturated heterocycles. The Bertz CT molecular complexity index is 1230. The minimum atomic E-state index is -0.485. The zero-order valence-corrected chi connectivity index (χ0v) is 17.4. The van der Waals surface area contributed by atoms with E-state index < -0.39 is 5.82 Å². The molecule has 2 heterocycles. The maximum atomic E-state index is 14.4. The molecule has 1 amide bonds. The van der Waals surface area contributed by atoms with Crippen LogP contribution in [0.5, 0.6) is 0 Å². The van der Waals surface area contributed by atoms with Crippen LogP contribution in [-0.4, -0.2) is 28.6 Å². The number of thioether (sulfide) groups is 1. The van der Waals surface area contributed by atoms with Gasteiger partial charge in [-0.05, 0) is 54.1 Å². The molecule has 0 spiro atoms. The molecule has 0 fully saturated rings. The van der Waals surface area contributed by atoms with Crippen molar-refractivity contribution in [2.75, 3.05) is 12.8 Å². The molecule has 150 valence electrons. The molecule has 5 rings (SSSR count). The normalized spacial score (nSPS) is 15.9. The largest absolute Gasteiger partial charge is 0.356 e. The van der Waals surface area contributed by atoms with Crippen LogP contribution in [0.2, 0.25) is 0 Å². The highest BCUT2D eigenvalue weighted by molar-refractivity contribution is 7.98. The number of fused-ring (bicyclic) bond motifs is 3. The average molecular weight is 417 g/mol. The maximum Gasteiger partial charge on any atom is 0.257 e. The number of halogens is 1. The van der Waals surface area contributed by atoms with Gasteiger partial charge < -0.3 is 9.88 Å². The summed E-state index contributed by atoms with van der Waals surface area (Å²) in [5.41, 5.74) is 4.45. The van der Waals surface area contributed by atoms with Gasteiger partial charge in [0, 0.05) is 28.0 Å². The Morgan fingerprint density at radius 1 is 1.03 bits per heavy atom. The maximum absolute atomic E-state index is 14.4. The van der Waals surface area contributed by atoms with Crippen molar-refractivity contribution in [2.45, 2.75) is 17.4 Å². The van der Waals surface area contributed by atoms with Gasteiger partial charge in [0.1, 0.15) is 5.82 Å². The first-order valence-electron chi connectivity index (χ1n) is 9.96. The van der Waals surface area contributed by atoms with Crippen molar-refractivity contribution in [3.05, 3.63) is 101 Å². The number of H-pyrrole nitrogens is 1. The highest BCUT2D eigenvalue weighted by Gasteiger charge is 2.35. The number of carbonyl (C=O) groups excluding carboxylic acids is 1. The van der Waals surface area contributed by atoms with E-state index in [1.807, 2.05) is 18.4 Å². The summed E-state index contributed by atoms with van der Waals surface area (Å²) >= 11 is 1.68. The third-order valence-electron chi connectivity index (χ3n) is 5.83. The summed E-state index contributed by atoms with van der Waals surface area (Å²) in [6.45, 7) is 0.539. The Morgan fingerprint density at radius 2 is 1.77 bits per heavy atom. The van der Waals surface area contributed by atoms with Crippen molar-refractivity contribution in [1.29, 1.82) is 0 Å². The Kier molecular flexibility index (Phi) is 4.83. The van der Waals surface area contributed by atoms with Crippen LogP contribution in [0.25, 0.3) is 10.9 Å². The molecule has 30 heavy (non-hydrogen) atoms. The quantitative estimate of drug-likeness (QED) is 0.428. The first-order chi connectivity index (χ1) is 14.7. The summed E-state index contributed by atoms with van der Waals surface area (Å²) in [6, 6.07) is 22.4. The second kappa shape index (κ2) is 7.65. The zero-order chi connectivity index (χ0) is 20.7. The van der Waals surface area contributed by atoms with E-state index in [9.17, 15) is 9.18 Å². The van der Waals surface area contributed by atoms with Crippen LogP contribution in [0.1, 0.15) is 33.2 Å². The topological polar surface area (TPSA) is 36.1 Å². The average Bonchev–Trinajstić information content (AvgIpc) is 3.17. The first kappa shape index (κ1) is 18.9. The summed E-state index contributed by atoms with van der Waals surface area (Å²) in [7, 11) is 0. The van der Waals surface area contributed by atoms with Crippen molar-refractivity contribution < 1.29 is 9.18 Å². The second-order valence-electron chi connectivity index (χ2n) is 7.47. The van der Waals surface area contributed by atoms with Crippen molar-refractivity contribution in [3.8, 4) is 0 Å². The lowest BCUT2D eigenvalue weighted by Gasteiger charge is -2.36. The third-order valence-corrected chi connectivity index (χ3v) is 6.57. The van der Waals surface area contributed by atoms with Crippen molar-refractivity contribution in [2.24, 2.45) is 0 Å². The van der Waals surface area contributed by atoms with Crippen LogP contribution in [-0.2, 0) is 6.42 Å². The van der Waals surface area contributed by atoms with Crippen LogP contribution in [0.4, 0.5) is 4.39 Å². The SMILES string of the molecule is CSc1ccc([C@H]2c3[nH]c4ccccc4c3CCN2C(=O)c2ccccc2F)cc1. The van der Waals surface area contributed by atoms with E-state index in [1.54, 1.807) is 34.9 Å². The predicted octanol–water partition coefficient (Wildman–Crippen LogP) is 5.82. The van der Waals surface area contributed by atoms with E-state index in [1.165, 1.54) is 21.9 Å². The Labute approximate surface area is 178 Å². The molecule has 1 aromatic heterocycles. The third kappa shape index (κ3) is 3.10. The smallest absolute Gasteiger partial charge is 0.257 e. The molecule has 0 unspecified atom stereocenters. The van der Waals surface area contributed by atoms with Gasteiger partial charge >= 0.3 is 0 Å². The van der Waals surface area contributed by atoms with Gasteiger partial charge in [-0.1, -0.05) is 42.5 Å². The fraction of sp³-hybridized carbons (Fsp3) is 0.160. The lowest BCUT2D eigenvalue weighted by molar-refractivity contribution is 0.0687. The zero-order valence-electron chi connectivity index (χ0n) is 16.6. The molecule has 0 aliphatic carbocycles. The Hall–Kier alpha value is -3.05. The summed E-state index contributed by atoms with van der Waals surface area (Å²) < 4.78 is 14.4. The highest BCUT2D eigenvalue weighted by atomic mass is 32.2. The number of para-hydroxylation sites is 1. The molecule has 1 atom stereocenters. The highest BCUT2D eigenvalue weighted by Crippen LogP contribution is 2.39. The number of amides is 1. The number of hydrogen-bond donors (Lipinski definition) is 1. The molecule has 0 bridgehead atoms. The number of benzene rings is 3. The molecular formula is C25H21FN2OS. The molecule has 1 aliphatic rings. The van der Waals surface area contributed by atoms with Crippen LogP contribution in [0.15, 0.2) is 77.7 Å². The Morgan fingerprint density at radius 3 is 2.53 bits per heavy atom. The molecular weight excluding hydrogens is 395 g/mol. The van der Waals surface area contributed by atoms with E-state index in [2.05, 4.69) is 41.4 Å². The van der Waals surface area contributed by atoms with Crippen molar-refractivity contribution in [1.82, 2.24) is 9.88 Å². The molecule has 0 radical (unpaired) electrons. The van der Waals surface area contributed by atoms with E-state index >= 15 is 0 Å². The number of nitrogens with one attached hydrogen (secondary N) is 1. The fourth-order valence-electron chi connectivity index (χ4n) is 4.38. The van der Waals surface area contributed by atoms with Gasteiger partial charge in [-0.25, -0.2) is 4.39 Å². The second-order valence-corrected chi connectivity index (χ2v) is 8.35. The Balaban J connectivity index is 1.66. The summed E-state index contributed by atoms with van der Waals surface area (Å²) in [5, 5.41) is 1.19. The summed E-state index contributed by atoms with van der Waals surface area (Å²) in [5.74, 6) is -0.766. The summed E-state index contributed by atoms with van der Waals surface area (Å²) in [6.07, 6.45) is 2.78. The molecule has 4 aromatic rings. The standard InChI is InChI=1S/C25H21FN2OS/c1-30-17-12-10-16(11-13-17)24-23-19(18-6-3-5-9-22(18)27-23)14-15-28(24)25(29)20-7-2-4-8-21(20)26/h2-13,24,27H,14-15H2,1H3/t24-/m0/s1. The van der Waals surface area contributed by atoms with E-state index in [0.29, 0.717) is 6.54 Å². The van der Waals surface area contributed by atoms with Crippen molar-refractivity contribution >= 4 is 28.6 Å². The van der Waals surface area contributed by atoms with Crippen molar-refractivity contribution in [3.63, 3.8) is 0 Å². The van der Waals surface area contributed by atoms with Gasteiger partial charge in [0.05, 0.1) is 11.6 Å². The molecule has 3 aromatic carbocycles. The van der Waals surface area contributed by atoms with Crippen LogP contribution >= 0.6 is 11.8 Å². The van der Waals surface area contributed by atoms with Gasteiger partial charge in [-0.2, -0.15) is 0 Å². The fourth-order valence-corrected chi connectivity index (χ4v) is 4.79. The number of rotatable bonds is 3. The molecule has 1 aliphatic heterocycles. The number of aromatic nitrogens is 1. The van der Waals surface area contributed by atoms with Crippen LogP contribution < -0.4 is 0 Å². The molecule has 5 heteroatoms. The number of nitrogens with zero attached hydrogens (tertiary/aromatic N) is 1. The molecule has 3 nitrogen and oxygen atoms in total. The van der Waals surface area contributed by atoms with Gasteiger partial charge in [-0.15, -0.1) is 11.8 Å². The first-order valence-corrected chi connectivity index (χ1v) is 11.2. The van der Waals surface area contributed by atoms with Gasteiger partial charge in [0.25, 0.3) is 5.91 Å². The minimum Gasteiger partial charge on any atom is -0.356 e. The number of hydrogen-bond acceptors (Lipinski definition) is 2. The van der Waals surface area contributed by atoms with Gasteiger partial charge in [0.2, 0.25) is 0 Å². The van der Waals surface area contributed by atoms with Gasteiger partial charge in [0.15, 0.2) is 0 Å². The van der Waals surface area contributed by atoms with Crippen LogP contribution in [0, 0.1) is 5.82 Å². The monoisotopic (exact) mass is 416 g/mol. The van der Waals surface area contributed by atoms with E-state index in [-0.39, 0.29) is 17.5 Å². The van der Waals surface area contributed by atoms with Crippen LogP contribution in [0.3, 0.4) is 0 Å². The van der Waals surface area contributed by atoms with Gasteiger partial charge in [-0.3, -0.25) is 4.79 Å². The van der Waals surface area contributed by atoms with E-state index in [0.717, 1.165) is 23.2 Å². The molecule has 0 saturated carbocycles. The lowest BCUT2D eigenvalue weighted by atomic mass is 9.91. The minimum absolute atomic E-state index is 0.114. The van der Waals surface area contributed by atoms with E-state index in [4.69, 9.17) is 0 Å². The molecule has 1 N–H and O–H groups in total.